The molecular formula is C15H26N2O2. The maximum atomic E-state index is 12.2. The minimum absolute atomic E-state index is 0.165. The number of carbonyl (C=O) groups is 2. The zero-order valence-electron chi connectivity index (χ0n) is 12.4. The van der Waals surface area contributed by atoms with E-state index in [2.05, 4.69) is 11.9 Å². The maximum Gasteiger partial charge on any atom is 0.222 e. The van der Waals surface area contributed by atoms with Crippen molar-refractivity contribution in [1.29, 1.82) is 0 Å². The molecule has 2 rings (SSSR count). The molecule has 2 heterocycles. The van der Waals surface area contributed by atoms with Gasteiger partial charge in [-0.25, -0.2) is 0 Å². The first-order valence-corrected chi connectivity index (χ1v) is 7.38. The van der Waals surface area contributed by atoms with Gasteiger partial charge >= 0.3 is 0 Å². The maximum absolute atomic E-state index is 12.2. The Bertz CT molecular complexity index is 365. The summed E-state index contributed by atoms with van der Waals surface area (Å²) in [6.45, 7) is 7.27. The first kappa shape index (κ1) is 14.5. The highest BCUT2D eigenvalue weighted by molar-refractivity contribution is 5.90. The standard InChI is InChI=1S/C15H26N2O2/c1-15(2)7-9-17(11-13(15)18)14(19)5-4-12-6-8-16(3)10-12/h12H,4-11H2,1-3H3. The van der Waals surface area contributed by atoms with Crippen molar-refractivity contribution in [2.24, 2.45) is 11.3 Å². The van der Waals surface area contributed by atoms with Crippen molar-refractivity contribution in [3.8, 4) is 0 Å². The molecule has 2 fully saturated rings. The van der Waals surface area contributed by atoms with E-state index in [4.69, 9.17) is 0 Å². The number of likely N-dealkylation sites (tertiary alicyclic amines) is 2. The van der Waals surface area contributed by atoms with Gasteiger partial charge in [-0.3, -0.25) is 9.59 Å². The van der Waals surface area contributed by atoms with Gasteiger partial charge in [-0.05, 0) is 38.8 Å². The number of amides is 1. The van der Waals surface area contributed by atoms with Crippen molar-refractivity contribution >= 4 is 11.7 Å². The summed E-state index contributed by atoms with van der Waals surface area (Å²) in [5.41, 5.74) is -0.245. The van der Waals surface area contributed by atoms with E-state index in [1.54, 1.807) is 4.90 Å². The number of nitrogens with zero attached hydrogens (tertiary/aromatic N) is 2. The molecule has 4 nitrogen and oxygen atoms in total. The lowest BCUT2D eigenvalue weighted by Crippen LogP contribution is -2.47. The molecule has 4 heteroatoms. The lowest BCUT2D eigenvalue weighted by atomic mass is 9.81. The van der Waals surface area contributed by atoms with Gasteiger partial charge in [0.05, 0.1) is 6.54 Å². The van der Waals surface area contributed by atoms with Gasteiger partial charge in [0.15, 0.2) is 5.78 Å². The summed E-state index contributed by atoms with van der Waals surface area (Å²) in [6, 6.07) is 0. The zero-order valence-corrected chi connectivity index (χ0v) is 12.4. The molecule has 108 valence electrons. The summed E-state index contributed by atoms with van der Waals surface area (Å²) in [7, 11) is 2.13. The van der Waals surface area contributed by atoms with E-state index in [-0.39, 0.29) is 17.1 Å². The second kappa shape index (κ2) is 5.61. The molecular weight excluding hydrogens is 240 g/mol. The molecule has 0 bridgehead atoms. The molecule has 0 N–H and O–H groups in total. The lowest BCUT2D eigenvalue weighted by Gasteiger charge is -2.35. The van der Waals surface area contributed by atoms with E-state index in [1.165, 1.54) is 6.42 Å². The quantitative estimate of drug-likeness (QED) is 0.778. The Morgan fingerprint density at radius 2 is 2.11 bits per heavy atom. The number of carbonyl (C=O) groups excluding carboxylic acids is 2. The van der Waals surface area contributed by atoms with Crippen LogP contribution in [-0.2, 0) is 9.59 Å². The number of hydrogen-bond donors (Lipinski definition) is 0. The van der Waals surface area contributed by atoms with Gasteiger partial charge < -0.3 is 9.80 Å². The highest BCUT2D eigenvalue weighted by Crippen LogP contribution is 2.27. The largest absolute Gasteiger partial charge is 0.335 e. The molecule has 19 heavy (non-hydrogen) atoms. The molecule has 0 aliphatic carbocycles. The van der Waals surface area contributed by atoms with Crippen molar-refractivity contribution in [1.82, 2.24) is 9.80 Å². The van der Waals surface area contributed by atoms with Crippen LogP contribution in [0.15, 0.2) is 0 Å². The summed E-state index contributed by atoms with van der Waals surface area (Å²) in [6.07, 6.45) is 3.57. The smallest absolute Gasteiger partial charge is 0.222 e. The molecule has 2 aliphatic heterocycles. The van der Waals surface area contributed by atoms with E-state index in [0.717, 1.165) is 32.5 Å². The minimum atomic E-state index is -0.245. The Kier molecular flexibility index (Phi) is 4.29. The molecule has 0 aromatic carbocycles. The van der Waals surface area contributed by atoms with Crippen molar-refractivity contribution < 1.29 is 9.59 Å². The Morgan fingerprint density at radius 3 is 2.68 bits per heavy atom. The van der Waals surface area contributed by atoms with Crippen LogP contribution < -0.4 is 0 Å². The summed E-state index contributed by atoms with van der Waals surface area (Å²) in [5, 5.41) is 0. The van der Waals surface area contributed by atoms with Crippen molar-refractivity contribution in [3.63, 3.8) is 0 Å². The van der Waals surface area contributed by atoms with Gasteiger partial charge in [0, 0.05) is 24.9 Å². The summed E-state index contributed by atoms with van der Waals surface area (Å²) in [5.74, 6) is 1.02. The van der Waals surface area contributed by atoms with Crippen LogP contribution in [0.5, 0.6) is 0 Å². The molecule has 1 amide bonds. The van der Waals surface area contributed by atoms with Crippen LogP contribution in [0.4, 0.5) is 0 Å². The van der Waals surface area contributed by atoms with Crippen LogP contribution in [0.3, 0.4) is 0 Å². The Morgan fingerprint density at radius 1 is 1.37 bits per heavy atom. The van der Waals surface area contributed by atoms with Crippen LogP contribution in [0.2, 0.25) is 0 Å². The zero-order chi connectivity index (χ0) is 14.0. The third-order valence-electron chi connectivity index (χ3n) is 4.70. The van der Waals surface area contributed by atoms with Gasteiger partial charge in [0.25, 0.3) is 0 Å². The van der Waals surface area contributed by atoms with Gasteiger partial charge in [0.2, 0.25) is 5.91 Å². The molecule has 0 saturated carbocycles. The predicted octanol–water partition coefficient (Wildman–Crippen LogP) is 1.55. The topological polar surface area (TPSA) is 40.6 Å². The first-order chi connectivity index (χ1) is 8.88. The Balaban J connectivity index is 1.76. The van der Waals surface area contributed by atoms with E-state index < -0.39 is 0 Å². The van der Waals surface area contributed by atoms with Gasteiger partial charge in [-0.1, -0.05) is 13.8 Å². The van der Waals surface area contributed by atoms with Crippen LogP contribution in [-0.4, -0.2) is 54.7 Å². The SMILES string of the molecule is CN1CCC(CCC(=O)N2CCC(C)(C)C(=O)C2)C1. The molecule has 2 saturated heterocycles. The average molecular weight is 266 g/mol. The van der Waals surface area contributed by atoms with Crippen LogP contribution in [0, 0.1) is 11.3 Å². The first-order valence-electron chi connectivity index (χ1n) is 7.38. The Hall–Kier alpha value is -0.900. The normalized spacial score (nSPS) is 27.8. The third kappa shape index (κ3) is 3.56. The van der Waals surface area contributed by atoms with E-state index in [0.29, 0.717) is 18.9 Å². The van der Waals surface area contributed by atoms with E-state index >= 15 is 0 Å². The lowest BCUT2D eigenvalue weighted by molar-refractivity contribution is -0.143. The average Bonchev–Trinajstić information content (AvgIpc) is 2.76. The van der Waals surface area contributed by atoms with Gasteiger partial charge in [-0.15, -0.1) is 0 Å². The van der Waals surface area contributed by atoms with Crippen molar-refractivity contribution in [2.45, 2.75) is 39.5 Å². The molecule has 1 atom stereocenters. The third-order valence-corrected chi connectivity index (χ3v) is 4.70. The van der Waals surface area contributed by atoms with Crippen LogP contribution >= 0.6 is 0 Å². The molecule has 1 unspecified atom stereocenters. The molecule has 2 aliphatic rings. The summed E-state index contributed by atoms with van der Waals surface area (Å²) >= 11 is 0. The second-order valence-corrected chi connectivity index (χ2v) is 6.83. The number of ketones is 1. The molecule has 0 spiro atoms. The summed E-state index contributed by atoms with van der Waals surface area (Å²) in [4.78, 5) is 28.2. The van der Waals surface area contributed by atoms with E-state index in [1.807, 2.05) is 13.8 Å². The highest BCUT2D eigenvalue weighted by atomic mass is 16.2. The molecule has 0 radical (unpaired) electrons. The monoisotopic (exact) mass is 266 g/mol. The highest BCUT2D eigenvalue weighted by Gasteiger charge is 2.35. The number of piperidine rings is 1. The number of hydrogen-bond acceptors (Lipinski definition) is 3. The summed E-state index contributed by atoms with van der Waals surface area (Å²) < 4.78 is 0. The fraction of sp³-hybridized carbons (Fsp3) is 0.867. The fourth-order valence-corrected chi connectivity index (χ4v) is 2.98. The molecule has 0 aromatic rings. The minimum Gasteiger partial charge on any atom is -0.335 e. The second-order valence-electron chi connectivity index (χ2n) is 6.83. The van der Waals surface area contributed by atoms with E-state index in [9.17, 15) is 9.59 Å². The number of Topliss-reactive ketones (excluding diaryl/α,β-unsaturated/α-hetero) is 1. The van der Waals surface area contributed by atoms with Crippen LogP contribution in [0.25, 0.3) is 0 Å². The van der Waals surface area contributed by atoms with Gasteiger partial charge in [0.1, 0.15) is 0 Å². The van der Waals surface area contributed by atoms with Crippen molar-refractivity contribution in [2.75, 3.05) is 33.2 Å². The Labute approximate surface area is 116 Å². The number of rotatable bonds is 3. The van der Waals surface area contributed by atoms with Gasteiger partial charge in [-0.2, -0.15) is 0 Å². The van der Waals surface area contributed by atoms with Crippen LogP contribution in [0.1, 0.15) is 39.5 Å². The fourth-order valence-electron chi connectivity index (χ4n) is 2.98. The molecule has 0 aromatic heterocycles. The predicted molar refractivity (Wildman–Crippen MR) is 74.8 cm³/mol. The van der Waals surface area contributed by atoms with Crippen molar-refractivity contribution in [3.05, 3.63) is 0 Å².